The van der Waals surface area contributed by atoms with Crippen LogP contribution in [0.5, 0.6) is 0 Å². The van der Waals surface area contributed by atoms with Crippen LogP contribution in [0.3, 0.4) is 0 Å². The number of aromatic nitrogens is 2. The van der Waals surface area contributed by atoms with E-state index in [4.69, 9.17) is 10.7 Å². The zero-order valence-electron chi connectivity index (χ0n) is 16.2. The zero-order chi connectivity index (χ0) is 18.6. The number of nitrogens with two attached hydrogens (primary N) is 1. The van der Waals surface area contributed by atoms with Gasteiger partial charge in [-0.1, -0.05) is 40.3 Å². The van der Waals surface area contributed by atoms with Crippen molar-refractivity contribution in [1.82, 2.24) is 9.97 Å². The summed E-state index contributed by atoms with van der Waals surface area (Å²) in [5.74, 6) is 0. The molecule has 0 aromatic carbocycles. The first-order valence-electron chi connectivity index (χ1n) is 8.89. The molecule has 2 aromatic rings. The van der Waals surface area contributed by atoms with E-state index in [1.165, 1.54) is 17.0 Å². The molecular weight excluding hydrogens is 326 g/mol. The molecule has 0 bridgehead atoms. The van der Waals surface area contributed by atoms with Gasteiger partial charge in [0.1, 0.15) is 10.5 Å². The summed E-state index contributed by atoms with van der Waals surface area (Å²) >= 11 is 1.76. The normalized spacial score (nSPS) is 20.6. The predicted molar refractivity (Wildman–Crippen MR) is 107 cm³/mol. The molecule has 0 saturated carbocycles. The molecular formula is C21H29N3S. The van der Waals surface area contributed by atoms with Gasteiger partial charge in [-0.2, -0.15) is 0 Å². The summed E-state index contributed by atoms with van der Waals surface area (Å²) < 4.78 is 0. The van der Waals surface area contributed by atoms with Crippen LogP contribution in [-0.4, -0.2) is 9.97 Å². The minimum absolute atomic E-state index is 0.104. The van der Waals surface area contributed by atoms with E-state index in [1.807, 2.05) is 32.2 Å². The number of fused-ring (bicyclic) bond motifs is 1. The quantitative estimate of drug-likeness (QED) is 0.829. The second-order valence-electron chi connectivity index (χ2n) is 8.88. The molecule has 2 aromatic heterocycles. The Hall–Kier alpha value is -1.52. The first kappa shape index (κ1) is 18.3. The minimum atomic E-state index is -0.693. The van der Waals surface area contributed by atoms with Crippen molar-refractivity contribution in [3.8, 4) is 0 Å². The Bertz CT molecular complexity index is 777. The summed E-state index contributed by atoms with van der Waals surface area (Å²) in [5, 5.41) is 0.955. The first-order chi connectivity index (χ1) is 11.4. The van der Waals surface area contributed by atoms with Crippen LogP contribution in [0.2, 0.25) is 0 Å². The fourth-order valence-electron chi connectivity index (χ4n) is 3.38. The number of hydrogen-bond acceptors (Lipinski definition) is 4. The Labute approximate surface area is 155 Å². The first-order valence-corrected chi connectivity index (χ1v) is 9.70. The number of nitrogens with zero attached hydrogens (tertiary/aromatic N) is 2. The van der Waals surface area contributed by atoms with Gasteiger partial charge in [0.25, 0.3) is 0 Å². The van der Waals surface area contributed by atoms with Gasteiger partial charge in [-0.3, -0.25) is 4.98 Å². The third-order valence-corrected chi connectivity index (χ3v) is 7.15. The van der Waals surface area contributed by atoms with Gasteiger partial charge in [-0.05, 0) is 43.9 Å². The maximum Gasteiger partial charge on any atom is 0.119 e. The summed E-state index contributed by atoms with van der Waals surface area (Å²) in [6.07, 6.45) is 4.19. The molecule has 25 heavy (non-hydrogen) atoms. The van der Waals surface area contributed by atoms with Gasteiger partial charge in [0.2, 0.25) is 0 Å². The molecule has 2 heterocycles. The molecule has 0 radical (unpaired) electrons. The molecule has 2 N–H and O–H groups in total. The van der Waals surface area contributed by atoms with E-state index >= 15 is 0 Å². The molecule has 134 valence electrons. The lowest BCUT2D eigenvalue weighted by Gasteiger charge is -2.37. The molecule has 1 atom stereocenters. The molecule has 1 unspecified atom stereocenters. The van der Waals surface area contributed by atoms with Crippen LogP contribution in [0.25, 0.3) is 5.57 Å². The monoisotopic (exact) mass is 355 g/mol. The topological polar surface area (TPSA) is 51.8 Å². The maximum absolute atomic E-state index is 6.74. The molecule has 0 saturated heterocycles. The smallest absolute Gasteiger partial charge is 0.119 e. The van der Waals surface area contributed by atoms with Crippen LogP contribution < -0.4 is 5.73 Å². The summed E-state index contributed by atoms with van der Waals surface area (Å²) in [6.45, 7) is 17.2. The highest BCUT2D eigenvalue weighted by Crippen LogP contribution is 2.49. The van der Waals surface area contributed by atoms with Crippen molar-refractivity contribution in [3.63, 3.8) is 0 Å². The standard InChI is InChI=1S/C21H29N3S/c1-13(2)14-8-9-15(23-12-14)21(7,22)18-24-16-17(25-18)20(5,6)11-10-19(16,3)4/h8-9,12H,1,10-11,22H2,2-7H3. The van der Waals surface area contributed by atoms with Crippen molar-refractivity contribution >= 4 is 16.9 Å². The van der Waals surface area contributed by atoms with Crippen molar-refractivity contribution in [1.29, 1.82) is 0 Å². The van der Waals surface area contributed by atoms with Gasteiger partial charge in [-0.15, -0.1) is 11.3 Å². The van der Waals surface area contributed by atoms with Crippen LogP contribution in [-0.2, 0) is 16.4 Å². The summed E-state index contributed by atoms with van der Waals surface area (Å²) in [5.41, 5.74) is 10.4. The number of allylic oxidation sites excluding steroid dienone is 1. The average molecular weight is 356 g/mol. The number of hydrogen-bond donors (Lipinski definition) is 1. The maximum atomic E-state index is 6.74. The molecule has 0 spiro atoms. The fraction of sp³-hybridized carbons (Fsp3) is 0.524. The second kappa shape index (κ2) is 5.75. The average Bonchev–Trinajstić information content (AvgIpc) is 3.01. The molecule has 0 fully saturated rings. The minimum Gasteiger partial charge on any atom is -0.315 e. The number of rotatable bonds is 3. The lowest BCUT2D eigenvalue weighted by atomic mass is 9.69. The third kappa shape index (κ3) is 3.06. The number of thiazole rings is 1. The summed E-state index contributed by atoms with van der Waals surface area (Å²) in [4.78, 5) is 11.0. The lowest BCUT2D eigenvalue weighted by molar-refractivity contribution is 0.330. The fourth-order valence-corrected chi connectivity index (χ4v) is 4.82. The predicted octanol–water partition coefficient (Wildman–Crippen LogP) is 5.14. The van der Waals surface area contributed by atoms with E-state index in [2.05, 4.69) is 39.3 Å². The van der Waals surface area contributed by atoms with Crippen LogP contribution >= 0.6 is 11.3 Å². The van der Waals surface area contributed by atoms with E-state index in [9.17, 15) is 0 Å². The third-order valence-electron chi connectivity index (χ3n) is 5.49. The van der Waals surface area contributed by atoms with Gasteiger partial charge >= 0.3 is 0 Å². The van der Waals surface area contributed by atoms with Crippen molar-refractivity contribution in [2.45, 2.75) is 70.8 Å². The molecule has 3 rings (SSSR count). The van der Waals surface area contributed by atoms with E-state index in [1.54, 1.807) is 11.3 Å². The second-order valence-corrected chi connectivity index (χ2v) is 9.88. The molecule has 1 aliphatic carbocycles. The van der Waals surface area contributed by atoms with Crippen LogP contribution in [0.15, 0.2) is 24.9 Å². The Morgan fingerprint density at radius 2 is 1.84 bits per heavy atom. The SMILES string of the molecule is C=C(C)c1ccc(C(C)(N)c2nc3c(s2)C(C)(C)CCC3(C)C)nc1. The van der Waals surface area contributed by atoms with Crippen LogP contribution in [0.1, 0.15) is 81.2 Å². The van der Waals surface area contributed by atoms with E-state index in [0.717, 1.165) is 28.3 Å². The summed E-state index contributed by atoms with van der Waals surface area (Å²) in [7, 11) is 0. The van der Waals surface area contributed by atoms with Gasteiger partial charge in [0.15, 0.2) is 0 Å². The highest BCUT2D eigenvalue weighted by atomic mass is 32.1. The van der Waals surface area contributed by atoms with Crippen molar-refractivity contribution in [2.75, 3.05) is 0 Å². The highest BCUT2D eigenvalue weighted by molar-refractivity contribution is 7.12. The van der Waals surface area contributed by atoms with Crippen LogP contribution in [0.4, 0.5) is 0 Å². The van der Waals surface area contributed by atoms with Crippen molar-refractivity contribution < 1.29 is 0 Å². The Morgan fingerprint density at radius 3 is 2.36 bits per heavy atom. The summed E-state index contributed by atoms with van der Waals surface area (Å²) in [6, 6.07) is 4.04. The van der Waals surface area contributed by atoms with Gasteiger partial charge in [0.05, 0.1) is 11.4 Å². The van der Waals surface area contributed by atoms with Gasteiger partial charge in [0, 0.05) is 21.9 Å². The van der Waals surface area contributed by atoms with E-state index in [0.29, 0.717) is 0 Å². The Morgan fingerprint density at radius 1 is 1.20 bits per heavy atom. The lowest BCUT2D eigenvalue weighted by Crippen LogP contribution is -2.35. The number of pyridine rings is 1. The Balaban J connectivity index is 2.07. The van der Waals surface area contributed by atoms with Gasteiger partial charge < -0.3 is 5.73 Å². The van der Waals surface area contributed by atoms with E-state index in [-0.39, 0.29) is 10.8 Å². The van der Waals surface area contributed by atoms with Gasteiger partial charge in [-0.25, -0.2) is 4.98 Å². The van der Waals surface area contributed by atoms with E-state index < -0.39 is 5.54 Å². The highest BCUT2D eigenvalue weighted by Gasteiger charge is 2.42. The Kier molecular flexibility index (Phi) is 4.20. The van der Waals surface area contributed by atoms with Crippen molar-refractivity contribution in [2.24, 2.45) is 5.73 Å². The zero-order valence-corrected chi connectivity index (χ0v) is 17.0. The molecule has 0 amide bonds. The largest absolute Gasteiger partial charge is 0.315 e. The molecule has 0 aliphatic heterocycles. The van der Waals surface area contributed by atoms with Crippen molar-refractivity contribution in [3.05, 3.63) is 51.7 Å². The molecule has 3 nitrogen and oxygen atoms in total. The van der Waals surface area contributed by atoms with Crippen LogP contribution in [0, 0.1) is 0 Å². The molecule has 4 heteroatoms. The molecule has 1 aliphatic rings.